The van der Waals surface area contributed by atoms with E-state index in [4.69, 9.17) is 10.2 Å². The molecule has 0 heterocycles. The van der Waals surface area contributed by atoms with Crippen molar-refractivity contribution in [3.63, 3.8) is 0 Å². The Labute approximate surface area is 235 Å². The molecule has 5 N–H and O–H groups in total. The van der Waals surface area contributed by atoms with Gasteiger partial charge in [0, 0.05) is 19.6 Å². The van der Waals surface area contributed by atoms with E-state index in [9.17, 15) is 34.2 Å². The van der Waals surface area contributed by atoms with Crippen molar-refractivity contribution < 1.29 is 44.4 Å². The van der Waals surface area contributed by atoms with Crippen molar-refractivity contribution in [2.24, 2.45) is 0 Å². The highest BCUT2D eigenvalue weighted by Gasteiger charge is 2.28. The lowest BCUT2D eigenvalue weighted by Gasteiger charge is -2.29. The first-order chi connectivity index (χ1) is 19.6. The van der Waals surface area contributed by atoms with E-state index < -0.39 is 49.6 Å². The molecular weight excluding hydrogens is 534 g/mol. The van der Waals surface area contributed by atoms with Gasteiger partial charge in [-0.05, 0) is 46.9 Å². The summed E-state index contributed by atoms with van der Waals surface area (Å²) in [4.78, 5) is 61.1. The van der Waals surface area contributed by atoms with Gasteiger partial charge in [0.2, 0.25) is 0 Å². The molecule has 41 heavy (non-hydrogen) atoms. The summed E-state index contributed by atoms with van der Waals surface area (Å²) >= 11 is 0. The van der Waals surface area contributed by atoms with E-state index in [1.165, 1.54) is 4.90 Å². The van der Waals surface area contributed by atoms with Crippen LogP contribution in [0.1, 0.15) is 29.6 Å². The van der Waals surface area contributed by atoms with Crippen molar-refractivity contribution in [2.45, 2.75) is 25.3 Å². The van der Waals surface area contributed by atoms with Crippen LogP contribution in [0.25, 0.3) is 21.5 Å². The number of nitrogens with one attached hydrogen (secondary N) is 1. The second-order valence-electron chi connectivity index (χ2n) is 9.66. The molecule has 0 aliphatic rings. The van der Waals surface area contributed by atoms with E-state index in [1.54, 1.807) is 0 Å². The molecule has 0 saturated heterocycles. The minimum atomic E-state index is -1.27. The number of aliphatic carboxylic acids is 4. The number of carbonyl (C=O) groups excluding carboxylic acids is 1. The molecule has 0 fully saturated rings. The third-order valence-corrected chi connectivity index (χ3v) is 6.67. The van der Waals surface area contributed by atoms with Gasteiger partial charge in [-0.15, -0.1) is 0 Å². The Bertz CT molecular complexity index is 1360. The number of amides is 1. The number of benzene rings is 3. The lowest BCUT2D eigenvalue weighted by atomic mass is 9.96. The maximum atomic E-state index is 13.2. The first-order valence-corrected chi connectivity index (χ1v) is 13.1. The summed E-state index contributed by atoms with van der Waals surface area (Å²) in [7, 11) is 0. The van der Waals surface area contributed by atoms with Crippen LogP contribution in [0.5, 0.6) is 0 Å². The van der Waals surface area contributed by atoms with Crippen LogP contribution in [-0.4, -0.2) is 105 Å². The number of carboxylic acid groups (broad SMARTS) is 4. The summed E-state index contributed by atoms with van der Waals surface area (Å²) in [5.41, 5.74) is 0.557. The van der Waals surface area contributed by atoms with Gasteiger partial charge < -0.3 is 25.7 Å². The predicted octanol–water partition coefficient (Wildman–Crippen LogP) is 2.20. The molecule has 0 saturated carbocycles. The van der Waals surface area contributed by atoms with Crippen LogP contribution < -0.4 is 5.32 Å². The summed E-state index contributed by atoms with van der Waals surface area (Å²) in [5, 5.41) is 43.6. The molecule has 218 valence electrons. The van der Waals surface area contributed by atoms with Crippen molar-refractivity contribution in [1.29, 1.82) is 0 Å². The molecule has 0 radical (unpaired) electrons. The first-order valence-electron chi connectivity index (χ1n) is 13.1. The zero-order valence-electron chi connectivity index (χ0n) is 22.4. The molecule has 0 aliphatic carbocycles. The maximum absolute atomic E-state index is 13.2. The SMILES string of the molecule is O=C(O)CN(CCN(CC(=O)O)C(CCCCNC(=O)c1c2ccccc2cc2ccccc12)C(=O)O)CC(=O)O. The molecule has 12 heteroatoms. The minimum absolute atomic E-state index is 0.0769. The van der Waals surface area contributed by atoms with E-state index in [0.29, 0.717) is 18.4 Å². The number of fused-ring (bicyclic) bond motifs is 2. The van der Waals surface area contributed by atoms with Crippen LogP contribution in [0.2, 0.25) is 0 Å². The summed E-state index contributed by atoms with van der Waals surface area (Å²) in [6.07, 6.45) is 0.869. The number of rotatable bonds is 17. The van der Waals surface area contributed by atoms with E-state index in [0.717, 1.165) is 26.4 Å². The number of carboxylic acids is 4. The predicted molar refractivity (Wildman–Crippen MR) is 150 cm³/mol. The van der Waals surface area contributed by atoms with Crippen LogP contribution in [0.3, 0.4) is 0 Å². The lowest BCUT2D eigenvalue weighted by Crippen LogP contribution is -2.48. The highest BCUT2D eigenvalue weighted by atomic mass is 16.4. The second kappa shape index (κ2) is 14.7. The van der Waals surface area contributed by atoms with E-state index >= 15 is 0 Å². The number of hydrogen-bond acceptors (Lipinski definition) is 7. The van der Waals surface area contributed by atoms with Gasteiger partial charge in [-0.3, -0.25) is 33.8 Å². The van der Waals surface area contributed by atoms with Gasteiger partial charge in [-0.25, -0.2) is 0 Å². The fraction of sp³-hybridized carbons (Fsp3) is 0.345. The quantitative estimate of drug-likeness (QED) is 0.119. The van der Waals surface area contributed by atoms with Gasteiger partial charge in [0.05, 0.1) is 25.2 Å². The van der Waals surface area contributed by atoms with Crippen molar-refractivity contribution in [1.82, 2.24) is 15.1 Å². The fourth-order valence-corrected chi connectivity index (χ4v) is 4.86. The van der Waals surface area contributed by atoms with Crippen LogP contribution in [0.4, 0.5) is 0 Å². The monoisotopic (exact) mass is 567 g/mol. The molecular formula is C29H33N3O9. The molecule has 0 aromatic heterocycles. The topological polar surface area (TPSA) is 185 Å². The Kier molecular flexibility index (Phi) is 11.1. The van der Waals surface area contributed by atoms with Crippen LogP contribution >= 0.6 is 0 Å². The summed E-state index contributed by atoms with van der Waals surface area (Å²) in [6, 6.07) is 16.0. The number of carbonyl (C=O) groups is 5. The Morgan fingerprint density at radius 2 is 1.24 bits per heavy atom. The van der Waals surface area contributed by atoms with Gasteiger partial charge in [-0.1, -0.05) is 48.5 Å². The Balaban J connectivity index is 1.62. The number of hydrogen-bond donors (Lipinski definition) is 5. The molecule has 1 atom stereocenters. The molecule has 1 unspecified atom stereocenters. The first kappa shape index (κ1) is 31.0. The summed E-state index contributed by atoms with van der Waals surface area (Å²) in [5.74, 6) is -5.29. The van der Waals surface area contributed by atoms with E-state index in [-0.39, 0.29) is 32.0 Å². The normalized spacial score (nSPS) is 12.0. The van der Waals surface area contributed by atoms with Crippen molar-refractivity contribution in [3.05, 3.63) is 60.2 Å². The Morgan fingerprint density at radius 1 is 0.707 bits per heavy atom. The number of nitrogens with zero attached hydrogens (tertiary/aromatic N) is 2. The largest absolute Gasteiger partial charge is 0.480 e. The standard InChI is InChI=1S/C29H33N3O9/c33-24(34)16-31(17-25(35)36)13-14-32(18-26(37)38)23(29(40)41)11-5-6-12-30-28(39)27-21-9-3-1-7-19(21)15-20-8-2-4-10-22(20)27/h1-4,7-10,15,23H,5-6,11-14,16-18H2,(H,30,39)(H,33,34)(H,35,36)(H,37,38)(H,40,41). The minimum Gasteiger partial charge on any atom is -0.480 e. The molecule has 0 spiro atoms. The molecule has 0 bridgehead atoms. The second-order valence-corrected chi connectivity index (χ2v) is 9.66. The van der Waals surface area contributed by atoms with Gasteiger partial charge >= 0.3 is 23.9 Å². The highest BCUT2D eigenvalue weighted by molar-refractivity contribution is 6.18. The zero-order chi connectivity index (χ0) is 29.9. The summed E-state index contributed by atoms with van der Waals surface area (Å²) in [6.45, 7) is -1.82. The third-order valence-electron chi connectivity index (χ3n) is 6.67. The zero-order valence-corrected chi connectivity index (χ0v) is 22.4. The fourth-order valence-electron chi connectivity index (χ4n) is 4.86. The van der Waals surface area contributed by atoms with E-state index in [1.807, 2.05) is 54.6 Å². The van der Waals surface area contributed by atoms with Gasteiger partial charge in [0.25, 0.3) is 5.91 Å². The average molecular weight is 568 g/mol. The van der Waals surface area contributed by atoms with Gasteiger partial charge in [0.1, 0.15) is 6.04 Å². The molecule has 3 aromatic rings. The molecule has 1 amide bonds. The van der Waals surface area contributed by atoms with Crippen molar-refractivity contribution in [2.75, 3.05) is 39.3 Å². The lowest BCUT2D eigenvalue weighted by molar-refractivity contribution is -0.148. The summed E-state index contributed by atoms with van der Waals surface area (Å²) < 4.78 is 0. The smallest absolute Gasteiger partial charge is 0.320 e. The van der Waals surface area contributed by atoms with E-state index in [2.05, 4.69) is 5.32 Å². The van der Waals surface area contributed by atoms with Crippen LogP contribution in [0.15, 0.2) is 54.6 Å². The Hall–Kier alpha value is -4.55. The van der Waals surface area contributed by atoms with Crippen LogP contribution in [-0.2, 0) is 19.2 Å². The van der Waals surface area contributed by atoms with Gasteiger partial charge in [-0.2, -0.15) is 0 Å². The molecule has 3 rings (SSSR count). The molecule has 0 aliphatic heterocycles. The average Bonchev–Trinajstić information content (AvgIpc) is 2.90. The Morgan fingerprint density at radius 3 is 1.76 bits per heavy atom. The van der Waals surface area contributed by atoms with Gasteiger partial charge in [0.15, 0.2) is 0 Å². The molecule has 12 nitrogen and oxygen atoms in total. The number of unbranched alkanes of at least 4 members (excludes halogenated alkanes) is 1. The maximum Gasteiger partial charge on any atom is 0.320 e. The third kappa shape index (κ3) is 8.98. The highest BCUT2D eigenvalue weighted by Crippen LogP contribution is 2.28. The molecule has 3 aromatic carbocycles. The van der Waals surface area contributed by atoms with Crippen LogP contribution in [0, 0.1) is 0 Å². The van der Waals surface area contributed by atoms with Crippen molar-refractivity contribution in [3.8, 4) is 0 Å². The van der Waals surface area contributed by atoms with Crippen molar-refractivity contribution >= 4 is 51.3 Å².